The first-order chi connectivity index (χ1) is 10.5. The fourth-order valence-electron chi connectivity index (χ4n) is 1.71. The minimum Gasteiger partial charge on any atom is -0.463 e. The molecule has 0 aromatic rings. The Morgan fingerprint density at radius 3 is 2.27 bits per heavy atom. The van der Waals surface area contributed by atoms with Crippen LogP contribution in [0.5, 0.6) is 0 Å². The van der Waals surface area contributed by atoms with Gasteiger partial charge in [0.15, 0.2) is 0 Å². The molecule has 6 heteroatoms. The molecule has 6 nitrogen and oxygen atoms in total. The van der Waals surface area contributed by atoms with Crippen LogP contribution in [0.1, 0.15) is 52.4 Å². The van der Waals surface area contributed by atoms with Gasteiger partial charge in [-0.3, -0.25) is 4.79 Å². The number of esters is 1. The molecule has 0 radical (unpaired) electrons. The molecule has 0 heterocycles. The summed E-state index contributed by atoms with van der Waals surface area (Å²) in [5.41, 5.74) is 6.15. The maximum Gasteiger partial charge on any atom is 0.306 e. The molecule has 1 atom stereocenters. The number of rotatable bonds is 15. The maximum absolute atomic E-state index is 11.2. The van der Waals surface area contributed by atoms with E-state index < -0.39 is 0 Å². The number of ether oxygens (including phenoxy) is 3. The first-order valence-corrected chi connectivity index (χ1v) is 8.13. The van der Waals surface area contributed by atoms with Crippen molar-refractivity contribution >= 4 is 11.7 Å². The van der Waals surface area contributed by atoms with E-state index in [1.165, 1.54) is 0 Å². The smallest absolute Gasteiger partial charge is 0.306 e. The molecule has 1 unspecified atom stereocenters. The first kappa shape index (κ1) is 21.0. The van der Waals surface area contributed by atoms with Gasteiger partial charge >= 0.3 is 5.97 Å². The van der Waals surface area contributed by atoms with Crippen LogP contribution in [-0.4, -0.2) is 50.8 Å². The standard InChI is InChI=1S/C16H32N2O4/c1-14(17)6-3-4-9-20-10-5-11-21-12-13-22-16(19)8-7-15(2)18/h14,18H,3-13,17H2,1-2H3. The summed E-state index contributed by atoms with van der Waals surface area (Å²) >= 11 is 0. The minimum atomic E-state index is -0.273. The molecule has 0 saturated heterocycles. The summed E-state index contributed by atoms with van der Waals surface area (Å²) in [4.78, 5) is 11.2. The van der Waals surface area contributed by atoms with Gasteiger partial charge in [-0.25, -0.2) is 0 Å². The Bertz CT molecular complexity index is 296. The highest BCUT2D eigenvalue weighted by Gasteiger charge is 2.02. The molecule has 0 spiro atoms. The molecule has 0 aliphatic rings. The summed E-state index contributed by atoms with van der Waals surface area (Å²) in [7, 11) is 0. The van der Waals surface area contributed by atoms with Crippen molar-refractivity contribution < 1.29 is 19.0 Å². The second kappa shape index (κ2) is 14.9. The topological polar surface area (TPSA) is 94.6 Å². The molecule has 0 bridgehead atoms. The third-order valence-corrected chi connectivity index (χ3v) is 2.97. The molecule has 0 rings (SSSR count). The van der Waals surface area contributed by atoms with Gasteiger partial charge in [-0.1, -0.05) is 0 Å². The number of hydrogen-bond donors (Lipinski definition) is 2. The number of unbranched alkanes of at least 4 members (excludes halogenated alkanes) is 1. The Morgan fingerprint density at radius 1 is 1.00 bits per heavy atom. The maximum atomic E-state index is 11.2. The van der Waals surface area contributed by atoms with Crippen LogP contribution in [0.25, 0.3) is 0 Å². The van der Waals surface area contributed by atoms with Crippen LogP contribution in [-0.2, 0) is 19.0 Å². The van der Waals surface area contributed by atoms with Crippen molar-refractivity contribution in [2.24, 2.45) is 5.73 Å². The molecular weight excluding hydrogens is 284 g/mol. The Balaban J connectivity index is 3.14. The monoisotopic (exact) mass is 316 g/mol. The second-order valence-electron chi connectivity index (χ2n) is 5.55. The highest BCUT2D eigenvalue weighted by molar-refractivity contribution is 5.82. The predicted molar refractivity (Wildman–Crippen MR) is 87.3 cm³/mol. The third kappa shape index (κ3) is 17.1. The Kier molecular flexibility index (Phi) is 14.3. The summed E-state index contributed by atoms with van der Waals surface area (Å²) < 4.78 is 15.8. The number of nitrogens with two attached hydrogens (primary N) is 1. The lowest BCUT2D eigenvalue weighted by molar-refractivity contribution is -0.145. The Morgan fingerprint density at radius 2 is 1.64 bits per heavy atom. The number of nitrogens with one attached hydrogen (secondary N) is 1. The van der Waals surface area contributed by atoms with Crippen molar-refractivity contribution in [1.29, 1.82) is 5.41 Å². The van der Waals surface area contributed by atoms with E-state index in [0.717, 1.165) is 32.3 Å². The van der Waals surface area contributed by atoms with Crippen molar-refractivity contribution in [1.82, 2.24) is 0 Å². The van der Waals surface area contributed by atoms with Crippen molar-refractivity contribution in [3.05, 3.63) is 0 Å². The van der Waals surface area contributed by atoms with Crippen LogP contribution in [0.2, 0.25) is 0 Å². The molecule has 0 aromatic carbocycles. The lowest BCUT2D eigenvalue weighted by Crippen LogP contribution is -2.14. The first-order valence-electron chi connectivity index (χ1n) is 8.13. The quantitative estimate of drug-likeness (QED) is 0.274. The van der Waals surface area contributed by atoms with E-state index in [-0.39, 0.29) is 25.0 Å². The summed E-state index contributed by atoms with van der Waals surface area (Å²) in [5, 5.41) is 7.22. The molecule has 0 fully saturated rings. The van der Waals surface area contributed by atoms with E-state index in [9.17, 15) is 4.79 Å². The largest absolute Gasteiger partial charge is 0.463 e. The van der Waals surface area contributed by atoms with E-state index in [0.29, 0.717) is 32.0 Å². The van der Waals surface area contributed by atoms with Gasteiger partial charge in [0.25, 0.3) is 0 Å². The number of hydrogen-bond acceptors (Lipinski definition) is 6. The van der Waals surface area contributed by atoms with Crippen LogP contribution < -0.4 is 5.73 Å². The van der Waals surface area contributed by atoms with E-state index in [1.54, 1.807) is 6.92 Å². The predicted octanol–water partition coefficient (Wildman–Crippen LogP) is 2.29. The lowest BCUT2D eigenvalue weighted by Gasteiger charge is -2.07. The molecule has 0 aromatic heterocycles. The van der Waals surface area contributed by atoms with E-state index in [2.05, 4.69) is 0 Å². The van der Waals surface area contributed by atoms with Gasteiger partial charge in [0.1, 0.15) is 6.61 Å². The molecule has 0 aliphatic carbocycles. The lowest BCUT2D eigenvalue weighted by atomic mass is 10.1. The molecular formula is C16H32N2O4. The van der Waals surface area contributed by atoms with Crippen LogP contribution >= 0.6 is 0 Å². The van der Waals surface area contributed by atoms with Gasteiger partial charge < -0.3 is 25.4 Å². The zero-order valence-electron chi connectivity index (χ0n) is 14.1. The molecule has 22 heavy (non-hydrogen) atoms. The summed E-state index contributed by atoms with van der Waals surface area (Å²) in [6.45, 7) is 6.45. The van der Waals surface area contributed by atoms with Crippen molar-refractivity contribution in [3.8, 4) is 0 Å². The van der Waals surface area contributed by atoms with E-state index in [4.69, 9.17) is 25.4 Å². The number of carbonyl (C=O) groups is 1. The van der Waals surface area contributed by atoms with Crippen LogP contribution in [0.4, 0.5) is 0 Å². The highest BCUT2D eigenvalue weighted by atomic mass is 16.6. The Hall–Kier alpha value is -0.980. The molecule has 0 saturated carbocycles. The fraction of sp³-hybridized carbons (Fsp3) is 0.875. The van der Waals surface area contributed by atoms with Crippen LogP contribution in [0.15, 0.2) is 0 Å². The van der Waals surface area contributed by atoms with Gasteiger partial charge in [0.05, 0.1) is 13.0 Å². The minimum absolute atomic E-state index is 0.270. The average molecular weight is 316 g/mol. The average Bonchev–Trinajstić information content (AvgIpc) is 2.45. The SMILES string of the molecule is CC(=N)CCC(=O)OCCOCCCOCCCCC(C)N. The zero-order valence-corrected chi connectivity index (χ0v) is 14.1. The van der Waals surface area contributed by atoms with E-state index >= 15 is 0 Å². The van der Waals surface area contributed by atoms with Crippen LogP contribution in [0.3, 0.4) is 0 Å². The van der Waals surface area contributed by atoms with E-state index in [1.807, 2.05) is 6.92 Å². The van der Waals surface area contributed by atoms with Crippen LogP contribution in [0, 0.1) is 5.41 Å². The van der Waals surface area contributed by atoms with Crippen molar-refractivity contribution in [2.45, 2.75) is 58.4 Å². The van der Waals surface area contributed by atoms with Gasteiger partial charge in [-0.2, -0.15) is 0 Å². The Labute approximate surface area is 134 Å². The highest BCUT2D eigenvalue weighted by Crippen LogP contribution is 1.99. The number of carbonyl (C=O) groups excluding carboxylic acids is 1. The van der Waals surface area contributed by atoms with Crippen molar-refractivity contribution in [3.63, 3.8) is 0 Å². The molecule has 0 amide bonds. The summed E-state index contributed by atoms with van der Waals surface area (Å²) in [5.74, 6) is -0.273. The van der Waals surface area contributed by atoms with Gasteiger partial charge in [0, 0.05) is 31.6 Å². The molecule has 0 aliphatic heterocycles. The summed E-state index contributed by atoms with van der Waals surface area (Å²) in [6.07, 6.45) is 4.77. The second-order valence-corrected chi connectivity index (χ2v) is 5.55. The summed E-state index contributed by atoms with van der Waals surface area (Å²) in [6, 6.07) is 0.275. The zero-order chi connectivity index (χ0) is 16.6. The fourth-order valence-corrected chi connectivity index (χ4v) is 1.71. The molecule has 130 valence electrons. The third-order valence-electron chi connectivity index (χ3n) is 2.97. The van der Waals surface area contributed by atoms with Gasteiger partial charge in [-0.15, -0.1) is 0 Å². The molecule has 3 N–H and O–H groups in total. The van der Waals surface area contributed by atoms with Gasteiger partial charge in [0.2, 0.25) is 0 Å². The van der Waals surface area contributed by atoms with Gasteiger partial charge in [-0.05, 0) is 46.0 Å². The normalized spacial score (nSPS) is 12.1. The van der Waals surface area contributed by atoms with Crippen molar-refractivity contribution in [2.75, 3.05) is 33.0 Å².